The first kappa shape index (κ1) is 15.9. The van der Waals surface area contributed by atoms with Gasteiger partial charge in [-0.2, -0.15) is 0 Å². The lowest BCUT2D eigenvalue weighted by Gasteiger charge is -2.09. The van der Waals surface area contributed by atoms with E-state index in [2.05, 4.69) is 32.2 Å². The fraction of sp³-hybridized carbons (Fsp3) is 0.333. The Hall–Kier alpha value is -1.51. The van der Waals surface area contributed by atoms with Crippen molar-refractivity contribution in [3.63, 3.8) is 0 Å². The highest BCUT2D eigenvalue weighted by Gasteiger charge is 2.04. The number of benzene rings is 1. The van der Waals surface area contributed by atoms with Gasteiger partial charge >= 0.3 is 0 Å². The van der Waals surface area contributed by atoms with Crippen LogP contribution in [0, 0.1) is 0 Å². The minimum atomic E-state index is 0.487. The largest absolute Gasteiger partial charge is 0.457 e. The Morgan fingerprint density at radius 2 is 1.90 bits per heavy atom. The molecule has 0 saturated carbocycles. The maximum atomic E-state index is 5.91. The zero-order chi connectivity index (χ0) is 15.2. The number of nitrogens with one attached hydrogen (secondary N) is 1. The maximum Gasteiger partial charge on any atom is 0.134 e. The lowest BCUT2D eigenvalue weighted by atomic mass is 10.1. The number of rotatable bonds is 6. The van der Waals surface area contributed by atoms with E-state index in [4.69, 9.17) is 16.0 Å². The molecule has 0 aliphatic heterocycles. The highest BCUT2D eigenvalue weighted by atomic mass is 35.5. The predicted octanol–water partition coefficient (Wildman–Crippen LogP) is 5.39. The average Bonchev–Trinajstić information content (AvgIpc) is 2.92. The van der Waals surface area contributed by atoms with Crippen LogP contribution in [0.1, 0.15) is 33.0 Å². The lowest BCUT2D eigenvalue weighted by Crippen LogP contribution is -2.24. The van der Waals surface area contributed by atoms with E-state index in [9.17, 15) is 0 Å². The third kappa shape index (κ3) is 4.76. The van der Waals surface area contributed by atoms with Crippen molar-refractivity contribution < 1.29 is 4.42 Å². The van der Waals surface area contributed by atoms with E-state index < -0.39 is 0 Å². The molecule has 112 valence electrons. The fourth-order valence-corrected chi connectivity index (χ4v) is 2.14. The highest BCUT2D eigenvalue weighted by Crippen LogP contribution is 2.25. The first-order chi connectivity index (χ1) is 10.1. The van der Waals surface area contributed by atoms with Gasteiger partial charge in [-0.1, -0.05) is 37.9 Å². The SMILES string of the molecule is CCC(=Cc1ccc(-c2ccc(Cl)cc2)o1)CNC(C)C. The molecule has 0 aliphatic rings. The van der Waals surface area contributed by atoms with Crippen molar-refractivity contribution in [3.8, 4) is 11.3 Å². The van der Waals surface area contributed by atoms with Gasteiger partial charge in [0.2, 0.25) is 0 Å². The standard InChI is InChI=1S/C18H22ClNO/c1-4-14(12-20-13(2)3)11-17-9-10-18(21-17)15-5-7-16(19)8-6-15/h5-11,13,20H,4,12H2,1-3H3. The van der Waals surface area contributed by atoms with E-state index in [-0.39, 0.29) is 0 Å². The first-order valence-corrected chi connectivity index (χ1v) is 7.75. The van der Waals surface area contributed by atoms with Crippen LogP contribution < -0.4 is 5.32 Å². The zero-order valence-corrected chi connectivity index (χ0v) is 13.6. The lowest BCUT2D eigenvalue weighted by molar-refractivity contribution is 0.569. The Bertz CT molecular complexity index is 596. The molecular weight excluding hydrogens is 282 g/mol. The van der Waals surface area contributed by atoms with E-state index in [0.717, 1.165) is 35.1 Å². The van der Waals surface area contributed by atoms with Gasteiger partial charge in [-0.15, -0.1) is 0 Å². The van der Waals surface area contributed by atoms with Crippen molar-refractivity contribution in [1.29, 1.82) is 0 Å². The predicted molar refractivity (Wildman–Crippen MR) is 90.6 cm³/mol. The van der Waals surface area contributed by atoms with Crippen LogP contribution >= 0.6 is 11.6 Å². The van der Waals surface area contributed by atoms with Gasteiger partial charge in [0.05, 0.1) is 0 Å². The molecule has 1 heterocycles. The molecule has 2 nitrogen and oxygen atoms in total. The van der Waals surface area contributed by atoms with Crippen LogP contribution in [0.3, 0.4) is 0 Å². The minimum absolute atomic E-state index is 0.487. The van der Waals surface area contributed by atoms with Crippen molar-refractivity contribution in [3.05, 3.63) is 52.8 Å². The van der Waals surface area contributed by atoms with Crippen molar-refractivity contribution in [1.82, 2.24) is 5.32 Å². The van der Waals surface area contributed by atoms with Crippen molar-refractivity contribution in [2.45, 2.75) is 33.2 Å². The van der Waals surface area contributed by atoms with Gasteiger partial charge in [-0.25, -0.2) is 0 Å². The van der Waals surface area contributed by atoms with Gasteiger partial charge in [0.1, 0.15) is 11.5 Å². The number of hydrogen-bond donors (Lipinski definition) is 1. The normalized spacial score (nSPS) is 12.1. The Morgan fingerprint density at radius 3 is 2.52 bits per heavy atom. The van der Waals surface area contributed by atoms with Crippen molar-refractivity contribution >= 4 is 17.7 Å². The molecule has 0 fully saturated rings. The molecule has 0 amide bonds. The zero-order valence-electron chi connectivity index (χ0n) is 12.8. The summed E-state index contributed by atoms with van der Waals surface area (Å²) in [7, 11) is 0. The minimum Gasteiger partial charge on any atom is -0.457 e. The molecule has 1 aromatic carbocycles. The molecule has 2 rings (SSSR count). The van der Waals surface area contributed by atoms with E-state index >= 15 is 0 Å². The van der Waals surface area contributed by atoms with Crippen LogP contribution in [-0.4, -0.2) is 12.6 Å². The summed E-state index contributed by atoms with van der Waals surface area (Å²) in [5, 5.41) is 4.17. The Balaban J connectivity index is 2.13. The summed E-state index contributed by atoms with van der Waals surface area (Å²) in [6.07, 6.45) is 3.13. The number of furan rings is 1. The smallest absolute Gasteiger partial charge is 0.134 e. The Labute approximate surface area is 131 Å². The van der Waals surface area contributed by atoms with E-state index in [0.29, 0.717) is 6.04 Å². The van der Waals surface area contributed by atoms with Crippen molar-refractivity contribution in [2.24, 2.45) is 0 Å². The van der Waals surface area contributed by atoms with Gasteiger partial charge in [-0.05, 0) is 48.9 Å². The number of halogens is 1. The number of hydrogen-bond acceptors (Lipinski definition) is 2. The van der Waals surface area contributed by atoms with Crippen LogP contribution in [0.5, 0.6) is 0 Å². The van der Waals surface area contributed by atoms with Crippen LogP contribution in [0.4, 0.5) is 0 Å². The van der Waals surface area contributed by atoms with Crippen LogP contribution in [-0.2, 0) is 0 Å². The molecule has 1 N–H and O–H groups in total. The van der Waals surface area contributed by atoms with Gasteiger partial charge in [0.25, 0.3) is 0 Å². The van der Waals surface area contributed by atoms with E-state index in [1.807, 2.05) is 36.4 Å². The third-order valence-electron chi connectivity index (χ3n) is 3.29. The summed E-state index contributed by atoms with van der Waals surface area (Å²) in [6, 6.07) is 12.2. The molecule has 0 radical (unpaired) electrons. The van der Waals surface area contributed by atoms with Crippen LogP contribution in [0.15, 0.2) is 46.4 Å². The van der Waals surface area contributed by atoms with Crippen LogP contribution in [0.2, 0.25) is 5.02 Å². The Kier molecular flexibility index (Phi) is 5.66. The highest BCUT2D eigenvalue weighted by molar-refractivity contribution is 6.30. The third-order valence-corrected chi connectivity index (χ3v) is 3.55. The molecule has 0 bridgehead atoms. The molecule has 1 aromatic heterocycles. The van der Waals surface area contributed by atoms with Crippen molar-refractivity contribution in [2.75, 3.05) is 6.54 Å². The molecule has 3 heteroatoms. The van der Waals surface area contributed by atoms with Gasteiger partial charge < -0.3 is 9.73 Å². The fourth-order valence-electron chi connectivity index (χ4n) is 2.01. The topological polar surface area (TPSA) is 25.2 Å². The maximum absolute atomic E-state index is 5.91. The van der Waals surface area contributed by atoms with Gasteiger partial charge in [0.15, 0.2) is 0 Å². The summed E-state index contributed by atoms with van der Waals surface area (Å²) in [5.74, 6) is 1.76. The first-order valence-electron chi connectivity index (χ1n) is 7.37. The van der Waals surface area contributed by atoms with E-state index in [1.54, 1.807) is 0 Å². The monoisotopic (exact) mass is 303 g/mol. The molecular formula is C18H22ClNO. The van der Waals surface area contributed by atoms with Gasteiger partial charge in [-0.3, -0.25) is 0 Å². The molecule has 0 spiro atoms. The summed E-state index contributed by atoms with van der Waals surface area (Å²) in [4.78, 5) is 0. The molecule has 0 aliphatic carbocycles. The Morgan fingerprint density at radius 1 is 1.19 bits per heavy atom. The summed E-state index contributed by atoms with van der Waals surface area (Å²) < 4.78 is 5.90. The van der Waals surface area contributed by atoms with E-state index in [1.165, 1.54) is 5.57 Å². The summed E-state index contributed by atoms with van der Waals surface area (Å²) in [5.41, 5.74) is 2.37. The summed E-state index contributed by atoms with van der Waals surface area (Å²) in [6.45, 7) is 7.36. The molecule has 0 saturated heterocycles. The molecule has 0 unspecified atom stereocenters. The second-order valence-electron chi connectivity index (χ2n) is 5.40. The molecule has 0 atom stereocenters. The average molecular weight is 304 g/mol. The van der Waals surface area contributed by atoms with Crippen LogP contribution in [0.25, 0.3) is 17.4 Å². The summed E-state index contributed by atoms with van der Waals surface area (Å²) >= 11 is 5.91. The molecule has 21 heavy (non-hydrogen) atoms. The quantitative estimate of drug-likeness (QED) is 0.774. The second-order valence-corrected chi connectivity index (χ2v) is 5.84. The second kappa shape index (κ2) is 7.48. The van der Waals surface area contributed by atoms with Gasteiger partial charge in [0, 0.05) is 23.2 Å². The molecule has 2 aromatic rings.